The van der Waals surface area contributed by atoms with E-state index < -0.39 is 0 Å². The number of nitrogens with two attached hydrogens (primary N) is 1. The highest BCUT2D eigenvalue weighted by molar-refractivity contribution is 7.80. The molecule has 1 fully saturated rings. The molecule has 0 saturated carbocycles. The van der Waals surface area contributed by atoms with E-state index in [1.807, 2.05) is 31.3 Å². The van der Waals surface area contributed by atoms with E-state index >= 15 is 0 Å². The van der Waals surface area contributed by atoms with E-state index in [1.165, 1.54) is 0 Å². The van der Waals surface area contributed by atoms with Crippen LogP contribution in [0.1, 0.15) is 6.92 Å². The lowest BCUT2D eigenvalue weighted by Gasteiger charge is -2.38. The van der Waals surface area contributed by atoms with Crippen molar-refractivity contribution < 1.29 is 0 Å². The zero-order valence-corrected chi connectivity index (χ0v) is 13.1. The summed E-state index contributed by atoms with van der Waals surface area (Å²) < 4.78 is 0. The van der Waals surface area contributed by atoms with Crippen molar-refractivity contribution in [1.82, 2.24) is 14.9 Å². The summed E-state index contributed by atoms with van der Waals surface area (Å²) in [6.45, 7) is 5.81. The molecule has 6 nitrogen and oxygen atoms in total. The minimum absolute atomic E-state index is 0.162. The smallest absolute Gasteiger partial charge is 0.226 e. The third-order valence-corrected chi connectivity index (χ3v) is 3.97. The Labute approximate surface area is 125 Å². The van der Waals surface area contributed by atoms with Crippen molar-refractivity contribution in [2.45, 2.75) is 13.0 Å². The first-order chi connectivity index (χ1) is 9.49. The van der Waals surface area contributed by atoms with E-state index in [1.54, 1.807) is 0 Å². The van der Waals surface area contributed by atoms with Gasteiger partial charge in [-0.15, -0.1) is 0 Å². The van der Waals surface area contributed by atoms with E-state index in [9.17, 15) is 0 Å². The van der Waals surface area contributed by atoms with Crippen molar-refractivity contribution >= 4 is 29.0 Å². The maximum Gasteiger partial charge on any atom is 0.226 e. The molecule has 1 aliphatic rings. The zero-order chi connectivity index (χ0) is 14.7. The molecular formula is C13H22N6S. The lowest BCUT2D eigenvalue weighted by atomic mass is 10.2. The molecule has 1 atom stereocenters. The quantitative estimate of drug-likeness (QED) is 0.803. The van der Waals surface area contributed by atoms with Crippen molar-refractivity contribution in [3.8, 4) is 0 Å². The van der Waals surface area contributed by atoms with Gasteiger partial charge in [0.05, 0.1) is 11.0 Å². The fraction of sp³-hybridized carbons (Fsp3) is 0.615. The molecule has 1 aliphatic heterocycles. The monoisotopic (exact) mass is 294 g/mol. The van der Waals surface area contributed by atoms with Crippen LogP contribution in [0.25, 0.3) is 0 Å². The van der Waals surface area contributed by atoms with Crippen LogP contribution in [0.4, 0.5) is 11.8 Å². The highest BCUT2D eigenvalue weighted by Crippen LogP contribution is 2.16. The third-order valence-electron chi connectivity index (χ3n) is 3.63. The van der Waals surface area contributed by atoms with Gasteiger partial charge in [0.2, 0.25) is 5.95 Å². The van der Waals surface area contributed by atoms with Crippen molar-refractivity contribution in [3.63, 3.8) is 0 Å². The Balaban J connectivity index is 2.00. The van der Waals surface area contributed by atoms with Crippen molar-refractivity contribution in [3.05, 3.63) is 12.3 Å². The lowest BCUT2D eigenvalue weighted by Crippen LogP contribution is -2.52. The van der Waals surface area contributed by atoms with Crippen LogP contribution in [0.3, 0.4) is 0 Å². The molecule has 20 heavy (non-hydrogen) atoms. The summed E-state index contributed by atoms with van der Waals surface area (Å²) in [5.74, 6) is 1.72. The van der Waals surface area contributed by atoms with E-state index in [-0.39, 0.29) is 6.04 Å². The summed E-state index contributed by atoms with van der Waals surface area (Å²) in [6, 6.07) is 2.12. The summed E-state index contributed by atoms with van der Waals surface area (Å²) >= 11 is 5.06. The normalized spacial score (nSPS) is 17.9. The molecule has 2 rings (SSSR count). The van der Waals surface area contributed by atoms with Gasteiger partial charge in [-0.2, -0.15) is 4.98 Å². The molecule has 0 amide bonds. The van der Waals surface area contributed by atoms with Crippen molar-refractivity contribution in [2.75, 3.05) is 50.1 Å². The molecule has 7 heteroatoms. The average molecular weight is 294 g/mol. The summed E-state index contributed by atoms with van der Waals surface area (Å²) in [6.07, 6.45) is 1.81. The Morgan fingerprint density at radius 1 is 1.35 bits per heavy atom. The number of aromatic nitrogens is 2. The molecule has 0 spiro atoms. The second-order valence-corrected chi connectivity index (χ2v) is 5.68. The third kappa shape index (κ3) is 3.34. The number of rotatable bonds is 4. The summed E-state index contributed by atoms with van der Waals surface area (Å²) in [5, 5.41) is 0. The van der Waals surface area contributed by atoms with Crippen molar-refractivity contribution in [2.24, 2.45) is 5.73 Å². The van der Waals surface area contributed by atoms with Crippen LogP contribution in [0, 0.1) is 0 Å². The Hall–Kier alpha value is -1.47. The van der Waals surface area contributed by atoms with Crippen LogP contribution < -0.4 is 15.5 Å². The van der Waals surface area contributed by atoms with Gasteiger partial charge in [0.15, 0.2) is 0 Å². The van der Waals surface area contributed by atoms with Gasteiger partial charge in [-0.05, 0) is 13.0 Å². The van der Waals surface area contributed by atoms with Gasteiger partial charge in [0.1, 0.15) is 5.82 Å². The number of piperazine rings is 1. The number of hydrogen-bond donors (Lipinski definition) is 1. The Kier molecular flexibility index (Phi) is 4.72. The van der Waals surface area contributed by atoms with E-state index in [0.717, 1.165) is 37.9 Å². The number of anilines is 2. The highest BCUT2D eigenvalue weighted by Gasteiger charge is 2.23. The average Bonchev–Trinajstić information content (AvgIpc) is 2.46. The van der Waals surface area contributed by atoms with Gasteiger partial charge in [-0.1, -0.05) is 12.2 Å². The van der Waals surface area contributed by atoms with Crippen LogP contribution in [-0.4, -0.2) is 66.2 Å². The number of thiocarbonyl (C=S) groups is 1. The SMILES string of the molecule is CC(C(N)=S)N1CCN(c2ccnc(N(C)C)n2)CC1. The first-order valence-corrected chi connectivity index (χ1v) is 7.18. The lowest BCUT2D eigenvalue weighted by molar-refractivity contribution is 0.238. The van der Waals surface area contributed by atoms with Crippen LogP contribution >= 0.6 is 12.2 Å². The zero-order valence-electron chi connectivity index (χ0n) is 12.3. The van der Waals surface area contributed by atoms with Gasteiger partial charge in [-0.3, -0.25) is 4.90 Å². The molecule has 1 unspecified atom stereocenters. The number of hydrogen-bond acceptors (Lipinski definition) is 6. The molecule has 1 aromatic heterocycles. The van der Waals surface area contributed by atoms with Gasteiger partial charge in [-0.25, -0.2) is 4.98 Å². The predicted octanol–water partition coefficient (Wildman–Crippen LogP) is 0.339. The molecule has 1 aromatic rings. The fourth-order valence-electron chi connectivity index (χ4n) is 2.25. The van der Waals surface area contributed by atoms with Crippen LogP contribution in [0.15, 0.2) is 12.3 Å². The van der Waals surface area contributed by atoms with Gasteiger partial charge < -0.3 is 15.5 Å². The summed E-state index contributed by atoms with van der Waals surface area (Å²) in [4.78, 5) is 15.9. The van der Waals surface area contributed by atoms with E-state index in [4.69, 9.17) is 18.0 Å². The topological polar surface area (TPSA) is 61.5 Å². The summed E-state index contributed by atoms with van der Waals surface area (Å²) in [5.41, 5.74) is 5.72. The van der Waals surface area contributed by atoms with Crippen LogP contribution in [0.5, 0.6) is 0 Å². The first kappa shape index (κ1) is 14.9. The van der Waals surface area contributed by atoms with Gasteiger partial charge in [0.25, 0.3) is 0 Å². The maximum atomic E-state index is 5.72. The maximum absolute atomic E-state index is 5.72. The Morgan fingerprint density at radius 2 is 2.00 bits per heavy atom. The molecule has 2 heterocycles. The molecule has 0 aliphatic carbocycles. The standard InChI is InChI=1S/C13H22N6S/c1-10(12(14)20)18-6-8-19(9-7-18)11-4-5-15-13(16-11)17(2)3/h4-5,10H,6-9H2,1-3H3,(H2,14,20). The minimum Gasteiger partial charge on any atom is -0.392 e. The Morgan fingerprint density at radius 3 is 2.55 bits per heavy atom. The van der Waals surface area contributed by atoms with Crippen LogP contribution in [0.2, 0.25) is 0 Å². The highest BCUT2D eigenvalue weighted by atomic mass is 32.1. The molecule has 0 aromatic carbocycles. The van der Waals surface area contributed by atoms with Crippen molar-refractivity contribution in [1.29, 1.82) is 0 Å². The molecule has 110 valence electrons. The largest absolute Gasteiger partial charge is 0.392 e. The van der Waals surface area contributed by atoms with E-state index in [0.29, 0.717) is 4.99 Å². The second-order valence-electron chi connectivity index (χ2n) is 5.21. The molecule has 0 radical (unpaired) electrons. The molecule has 2 N–H and O–H groups in total. The summed E-state index contributed by atoms with van der Waals surface area (Å²) in [7, 11) is 3.89. The second kappa shape index (κ2) is 6.32. The van der Waals surface area contributed by atoms with E-state index in [2.05, 4.69) is 26.7 Å². The number of nitrogens with zero attached hydrogens (tertiary/aromatic N) is 5. The van der Waals surface area contributed by atoms with Gasteiger partial charge >= 0.3 is 0 Å². The molecular weight excluding hydrogens is 272 g/mol. The fourth-order valence-corrected chi connectivity index (χ4v) is 2.40. The Bertz CT molecular complexity index is 470. The van der Waals surface area contributed by atoms with Gasteiger partial charge in [0, 0.05) is 46.5 Å². The molecule has 1 saturated heterocycles. The molecule has 0 bridgehead atoms. The minimum atomic E-state index is 0.162. The first-order valence-electron chi connectivity index (χ1n) is 6.77. The predicted molar refractivity (Wildman–Crippen MR) is 86.4 cm³/mol. The van der Waals surface area contributed by atoms with Crippen LogP contribution in [-0.2, 0) is 0 Å².